The van der Waals surface area contributed by atoms with E-state index in [4.69, 9.17) is 16.3 Å². The molecule has 124 valence electrons. The van der Waals surface area contributed by atoms with E-state index in [1.165, 1.54) is 12.1 Å². The van der Waals surface area contributed by atoms with Gasteiger partial charge in [-0.25, -0.2) is 0 Å². The molecule has 0 radical (unpaired) electrons. The van der Waals surface area contributed by atoms with Crippen LogP contribution in [0.25, 0.3) is 0 Å². The number of anilines is 1. The Hall–Kier alpha value is -2.66. The summed E-state index contributed by atoms with van der Waals surface area (Å²) in [6.07, 6.45) is -0.421. The van der Waals surface area contributed by atoms with Gasteiger partial charge < -0.3 is 10.1 Å². The van der Waals surface area contributed by atoms with Crippen LogP contribution >= 0.6 is 11.6 Å². The molecule has 5 nitrogen and oxygen atoms in total. The molecule has 24 heavy (non-hydrogen) atoms. The fraction of sp³-hybridized carbons (Fsp3) is 0.167. The van der Waals surface area contributed by atoms with E-state index in [0.29, 0.717) is 16.3 Å². The Bertz CT molecular complexity index is 759. The van der Waals surface area contributed by atoms with Gasteiger partial charge in [0.05, 0.1) is 12.3 Å². The van der Waals surface area contributed by atoms with Crippen LogP contribution in [-0.4, -0.2) is 24.3 Å². The number of esters is 1. The lowest BCUT2D eigenvalue weighted by Crippen LogP contribution is -2.19. The fourth-order valence-electron chi connectivity index (χ4n) is 2.10. The van der Waals surface area contributed by atoms with Crippen LogP contribution in [0.5, 0.6) is 0 Å². The van der Waals surface area contributed by atoms with E-state index in [-0.39, 0.29) is 18.0 Å². The molecule has 0 aliphatic carbocycles. The Morgan fingerprint density at radius 2 is 1.79 bits per heavy atom. The average molecular weight is 346 g/mol. The molecule has 0 fully saturated rings. The summed E-state index contributed by atoms with van der Waals surface area (Å²) >= 11 is 5.97. The number of halogens is 1. The Morgan fingerprint density at radius 3 is 2.46 bits per heavy atom. The highest BCUT2D eigenvalue weighted by molar-refractivity contribution is 6.31. The van der Waals surface area contributed by atoms with Gasteiger partial charge in [0, 0.05) is 16.1 Å². The van der Waals surface area contributed by atoms with Gasteiger partial charge in [0.2, 0.25) is 5.91 Å². The normalized spacial score (nSPS) is 10.1. The van der Waals surface area contributed by atoms with Gasteiger partial charge in [-0.2, -0.15) is 0 Å². The predicted octanol–water partition coefficient (Wildman–Crippen LogP) is 3.46. The predicted molar refractivity (Wildman–Crippen MR) is 91.2 cm³/mol. The van der Waals surface area contributed by atoms with Crippen LogP contribution in [0.15, 0.2) is 48.5 Å². The lowest BCUT2D eigenvalue weighted by molar-refractivity contribution is -0.145. The van der Waals surface area contributed by atoms with E-state index in [0.717, 1.165) is 0 Å². The van der Waals surface area contributed by atoms with E-state index in [9.17, 15) is 14.4 Å². The van der Waals surface area contributed by atoms with Gasteiger partial charge in [0.25, 0.3) is 0 Å². The van der Waals surface area contributed by atoms with E-state index in [1.807, 2.05) is 0 Å². The van der Waals surface area contributed by atoms with Crippen molar-refractivity contribution in [3.8, 4) is 0 Å². The average Bonchev–Trinajstić information content (AvgIpc) is 2.56. The number of nitrogens with one attached hydrogen (secondary N) is 1. The molecule has 0 aliphatic heterocycles. The summed E-state index contributed by atoms with van der Waals surface area (Å²) in [7, 11) is 0. The maximum absolute atomic E-state index is 12.6. The smallest absolute Gasteiger partial charge is 0.315 e. The highest BCUT2D eigenvalue weighted by Gasteiger charge is 2.17. The number of ketones is 1. The zero-order valence-electron chi connectivity index (χ0n) is 13.0. The molecule has 6 heteroatoms. The molecule has 2 aromatic carbocycles. The number of carbonyl (C=O) groups excluding carboxylic acids is 3. The topological polar surface area (TPSA) is 72.5 Å². The SMILES string of the molecule is CCOC(=O)CC(=O)Nc1ccc(Cl)cc1C(=O)c1ccccc1. The molecule has 2 aromatic rings. The molecule has 0 aliphatic rings. The summed E-state index contributed by atoms with van der Waals surface area (Å²) in [6, 6.07) is 13.2. The third-order valence-corrected chi connectivity index (χ3v) is 3.38. The van der Waals surface area contributed by atoms with Crippen molar-refractivity contribution >= 4 is 34.9 Å². The number of carbonyl (C=O) groups is 3. The van der Waals surface area contributed by atoms with Crippen molar-refractivity contribution in [3.05, 3.63) is 64.7 Å². The molecule has 1 amide bonds. The van der Waals surface area contributed by atoms with Crippen LogP contribution < -0.4 is 5.32 Å². The van der Waals surface area contributed by atoms with Gasteiger partial charge in [-0.1, -0.05) is 41.9 Å². The first kappa shape index (κ1) is 17.7. The Kier molecular flexibility index (Phi) is 6.09. The molecular weight excluding hydrogens is 330 g/mol. The third-order valence-electron chi connectivity index (χ3n) is 3.15. The van der Waals surface area contributed by atoms with E-state index in [1.54, 1.807) is 43.3 Å². The Balaban J connectivity index is 2.23. The first-order valence-corrected chi connectivity index (χ1v) is 7.74. The lowest BCUT2D eigenvalue weighted by atomic mass is 10.0. The van der Waals surface area contributed by atoms with Crippen LogP contribution in [0.1, 0.15) is 29.3 Å². The summed E-state index contributed by atoms with van der Waals surface area (Å²) in [6.45, 7) is 1.86. The first-order valence-electron chi connectivity index (χ1n) is 7.36. The van der Waals surface area contributed by atoms with Gasteiger partial charge in [0.15, 0.2) is 5.78 Å². The Labute approximate surface area is 144 Å². The highest BCUT2D eigenvalue weighted by atomic mass is 35.5. The first-order chi connectivity index (χ1) is 11.5. The van der Waals surface area contributed by atoms with Crippen molar-refractivity contribution in [1.82, 2.24) is 0 Å². The van der Waals surface area contributed by atoms with Crippen molar-refractivity contribution in [2.45, 2.75) is 13.3 Å². The molecule has 0 heterocycles. The molecule has 0 saturated carbocycles. The summed E-state index contributed by atoms with van der Waals surface area (Å²) < 4.78 is 4.73. The number of ether oxygens (including phenoxy) is 1. The maximum Gasteiger partial charge on any atom is 0.315 e. The van der Waals surface area contributed by atoms with E-state index >= 15 is 0 Å². The minimum Gasteiger partial charge on any atom is -0.466 e. The molecule has 1 N–H and O–H groups in total. The molecule has 0 aromatic heterocycles. The number of amides is 1. The number of benzene rings is 2. The van der Waals surface area contributed by atoms with Crippen LogP contribution in [0.4, 0.5) is 5.69 Å². The fourth-order valence-corrected chi connectivity index (χ4v) is 2.27. The minimum absolute atomic E-state index is 0.199. The third kappa shape index (κ3) is 4.67. The second kappa shape index (κ2) is 8.26. The van der Waals surface area contributed by atoms with Gasteiger partial charge >= 0.3 is 5.97 Å². The maximum atomic E-state index is 12.6. The van der Waals surface area contributed by atoms with Crippen LogP contribution in [0.2, 0.25) is 5.02 Å². The molecule has 0 atom stereocenters. The second-order valence-electron chi connectivity index (χ2n) is 4.92. The number of rotatable bonds is 6. The zero-order chi connectivity index (χ0) is 17.5. The zero-order valence-corrected chi connectivity index (χ0v) is 13.8. The van der Waals surface area contributed by atoms with Crippen molar-refractivity contribution in [2.24, 2.45) is 0 Å². The van der Waals surface area contributed by atoms with Crippen LogP contribution in [0, 0.1) is 0 Å². The highest BCUT2D eigenvalue weighted by Crippen LogP contribution is 2.24. The largest absolute Gasteiger partial charge is 0.466 e. The van der Waals surface area contributed by atoms with Crippen molar-refractivity contribution in [2.75, 3.05) is 11.9 Å². The molecule has 0 unspecified atom stereocenters. The quantitative estimate of drug-likeness (QED) is 0.494. The van der Waals surface area contributed by atoms with Crippen LogP contribution in [0.3, 0.4) is 0 Å². The second-order valence-corrected chi connectivity index (χ2v) is 5.35. The van der Waals surface area contributed by atoms with Gasteiger partial charge in [-0.3, -0.25) is 14.4 Å². The van der Waals surface area contributed by atoms with Crippen molar-refractivity contribution in [3.63, 3.8) is 0 Å². The van der Waals surface area contributed by atoms with Crippen molar-refractivity contribution < 1.29 is 19.1 Å². The van der Waals surface area contributed by atoms with Gasteiger partial charge in [-0.15, -0.1) is 0 Å². The van der Waals surface area contributed by atoms with E-state index in [2.05, 4.69) is 5.32 Å². The monoisotopic (exact) mass is 345 g/mol. The van der Waals surface area contributed by atoms with E-state index < -0.39 is 18.3 Å². The number of hydrogen-bond acceptors (Lipinski definition) is 4. The van der Waals surface area contributed by atoms with Gasteiger partial charge in [0.1, 0.15) is 6.42 Å². The lowest BCUT2D eigenvalue weighted by Gasteiger charge is -2.11. The molecular formula is C18H16ClNO4. The molecule has 0 saturated heterocycles. The Morgan fingerprint density at radius 1 is 1.08 bits per heavy atom. The summed E-state index contributed by atoms with van der Waals surface area (Å²) in [5.74, 6) is -1.46. The summed E-state index contributed by atoms with van der Waals surface area (Å²) in [4.78, 5) is 35.9. The molecule has 0 spiro atoms. The standard InChI is InChI=1S/C18H16ClNO4/c1-2-24-17(22)11-16(21)20-15-9-8-13(19)10-14(15)18(23)12-6-4-3-5-7-12/h3-10H,2,11H2,1H3,(H,20,21). The number of hydrogen-bond donors (Lipinski definition) is 1. The van der Waals surface area contributed by atoms with Crippen molar-refractivity contribution in [1.29, 1.82) is 0 Å². The summed E-state index contributed by atoms with van der Waals surface area (Å²) in [5, 5.41) is 2.93. The minimum atomic E-state index is -0.625. The van der Waals surface area contributed by atoms with Gasteiger partial charge in [-0.05, 0) is 25.1 Å². The van der Waals surface area contributed by atoms with Crippen LogP contribution in [-0.2, 0) is 14.3 Å². The summed E-state index contributed by atoms with van der Waals surface area (Å²) in [5.41, 5.74) is 1.02. The molecule has 2 rings (SSSR count). The molecule has 0 bridgehead atoms.